The van der Waals surface area contributed by atoms with Gasteiger partial charge in [-0.1, -0.05) is 39.0 Å². The number of carboxylic acids is 1. The molecule has 0 bridgehead atoms. The lowest BCUT2D eigenvalue weighted by molar-refractivity contribution is -0.141. The first-order valence-corrected chi connectivity index (χ1v) is 7.01. The molecule has 1 unspecified atom stereocenters. The third-order valence-electron chi connectivity index (χ3n) is 4.01. The molecule has 0 radical (unpaired) electrons. The van der Waals surface area contributed by atoms with Crippen LogP contribution in [0.4, 0.5) is 0 Å². The molecule has 3 nitrogen and oxygen atoms in total. The number of rotatable bonds is 7. The van der Waals surface area contributed by atoms with Crippen LogP contribution in [0.1, 0.15) is 51.9 Å². The summed E-state index contributed by atoms with van der Waals surface area (Å²) in [4.78, 5) is 13.0. The predicted molar refractivity (Wildman–Crippen MR) is 70.1 cm³/mol. The summed E-state index contributed by atoms with van der Waals surface area (Å²) in [6.45, 7) is 3.81. The molecule has 1 aliphatic carbocycles. The Bertz CT molecular complexity index is 224. The van der Waals surface area contributed by atoms with Crippen molar-refractivity contribution in [2.75, 3.05) is 20.1 Å². The molecule has 1 N–H and O–H groups in total. The van der Waals surface area contributed by atoms with Gasteiger partial charge in [0, 0.05) is 0 Å². The molecular formula is C14H27NO2. The first kappa shape index (κ1) is 14.5. The van der Waals surface area contributed by atoms with E-state index >= 15 is 0 Å². The molecule has 0 saturated heterocycles. The van der Waals surface area contributed by atoms with E-state index in [2.05, 4.69) is 11.9 Å². The minimum atomic E-state index is -0.675. The van der Waals surface area contributed by atoms with E-state index in [0.29, 0.717) is 0 Å². The zero-order valence-electron chi connectivity index (χ0n) is 11.3. The minimum absolute atomic E-state index is 0.216. The first-order valence-electron chi connectivity index (χ1n) is 7.01. The maximum absolute atomic E-state index is 10.7. The highest BCUT2D eigenvalue weighted by molar-refractivity contribution is 5.69. The molecule has 1 atom stereocenters. The SMILES string of the molecule is CC(CCN(C)CCC1CCCCC1)C(=O)O. The van der Waals surface area contributed by atoms with Crippen molar-refractivity contribution in [3.63, 3.8) is 0 Å². The van der Waals surface area contributed by atoms with Crippen molar-refractivity contribution in [2.45, 2.75) is 51.9 Å². The van der Waals surface area contributed by atoms with Gasteiger partial charge in [-0.3, -0.25) is 4.79 Å². The fraction of sp³-hybridized carbons (Fsp3) is 0.929. The highest BCUT2D eigenvalue weighted by Crippen LogP contribution is 2.26. The van der Waals surface area contributed by atoms with Crippen molar-refractivity contribution in [1.29, 1.82) is 0 Å². The summed E-state index contributed by atoms with van der Waals surface area (Å²) in [5.74, 6) is 0.0286. The molecule has 100 valence electrons. The summed E-state index contributed by atoms with van der Waals surface area (Å²) in [7, 11) is 2.11. The molecule has 0 aromatic rings. The maximum Gasteiger partial charge on any atom is 0.306 e. The zero-order valence-corrected chi connectivity index (χ0v) is 11.3. The summed E-state index contributed by atoms with van der Waals surface area (Å²) in [6, 6.07) is 0. The molecular weight excluding hydrogens is 214 g/mol. The Morgan fingerprint density at radius 3 is 2.53 bits per heavy atom. The summed E-state index contributed by atoms with van der Waals surface area (Å²) in [5.41, 5.74) is 0. The quantitative estimate of drug-likeness (QED) is 0.745. The van der Waals surface area contributed by atoms with Crippen LogP contribution < -0.4 is 0 Å². The number of hydrogen-bond acceptors (Lipinski definition) is 2. The highest BCUT2D eigenvalue weighted by atomic mass is 16.4. The van der Waals surface area contributed by atoms with Crippen LogP contribution in [-0.4, -0.2) is 36.1 Å². The van der Waals surface area contributed by atoms with E-state index in [4.69, 9.17) is 5.11 Å². The lowest BCUT2D eigenvalue weighted by atomic mass is 9.87. The second kappa shape index (κ2) is 7.70. The Morgan fingerprint density at radius 1 is 1.29 bits per heavy atom. The van der Waals surface area contributed by atoms with Crippen LogP contribution >= 0.6 is 0 Å². The van der Waals surface area contributed by atoms with Crippen LogP contribution in [0.15, 0.2) is 0 Å². The zero-order chi connectivity index (χ0) is 12.7. The molecule has 3 heteroatoms. The van der Waals surface area contributed by atoms with Gasteiger partial charge in [-0.15, -0.1) is 0 Å². The maximum atomic E-state index is 10.7. The second-order valence-electron chi connectivity index (χ2n) is 5.62. The number of aliphatic carboxylic acids is 1. The van der Waals surface area contributed by atoms with Crippen LogP contribution in [0.3, 0.4) is 0 Å². The monoisotopic (exact) mass is 241 g/mol. The van der Waals surface area contributed by atoms with Gasteiger partial charge in [0.2, 0.25) is 0 Å². The smallest absolute Gasteiger partial charge is 0.306 e. The van der Waals surface area contributed by atoms with Gasteiger partial charge in [0.1, 0.15) is 0 Å². The Morgan fingerprint density at radius 2 is 1.94 bits per heavy atom. The largest absolute Gasteiger partial charge is 0.481 e. The van der Waals surface area contributed by atoms with Crippen LogP contribution in [0.25, 0.3) is 0 Å². The van der Waals surface area contributed by atoms with Crippen LogP contribution in [-0.2, 0) is 4.79 Å². The minimum Gasteiger partial charge on any atom is -0.481 e. The average Bonchev–Trinajstić information content (AvgIpc) is 2.34. The van der Waals surface area contributed by atoms with Crippen LogP contribution in [0.2, 0.25) is 0 Å². The summed E-state index contributed by atoms with van der Waals surface area (Å²) in [5, 5.41) is 8.81. The fourth-order valence-corrected chi connectivity index (χ4v) is 2.53. The van der Waals surface area contributed by atoms with Gasteiger partial charge < -0.3 is 10.0 Å². The molecule has 0 aromatic carbocycles. The highest BCUT2D eigenvalue weighted by Gasteiger charge is 2.15. The molecule has 17 heavy (non-hydrogen) atoms. The molecule has 0 aliphatic heterocycles. The van der Waals surface area contributed by atoms with E-state index in [0.717, 1.165) is 25.4 Å². The van der Waals surface area contributed by atoms with Gasteiger partial charge in [-0.25, -0.2) is 0 Å². The van der Waals surface area contributed by atoms with E-state index < -0.39 is 5.97 Å². The Kier molecular flexibility index (Phi) is 6.56. The van der Waals surface area contributed by atoms with Gasteiger partial charge in [0.15, 0.2) is 0 Å². The first-order chi connectivity index (χ1) is 8.09. The standard InChI is InChI=1S/C14H27NO2/c1-12(14(16)17)8-10-15(2)11-9-13-6-4-3-5-7-13/h12-13H,3-11H2,1-2H3,(H,16,17). The van der Waals surface area contributed by atoms with E-state index in [1.165, 1.54) is 38.5 Å². The average molecular weight is 241 g/mol. The number of carbonyl (C=O) groups is 1. The van der Waals surface area contributed by atoms with Crippen LogP contribution in [0, 0.1) is 11.8 Å². The molecule has 0 heterocycles. The van der Waals surface area contributed by atoms with Gasteiger partial charge in [0.05, 0.1) is 5.92 Å². The lowest BCUT2D eigenvalue weighted by Crippen LogP contribution is -2.26. The summed E-state index contributed by atoms with van der Waals surface area (Å²) >= 11 is 0. The van der Waals surface area contributed by atoms with Gasteiger partial charge in [0.25, 0.3) is 0 Å². The van der Waals surface area contributed by atoms with Gasteiger partial charge >= 0.3 is 5.97 Å². The van der Waals surface area contributed by atoms with E-state index in [9.17, 15) is 4.79 Å². The number of hydrogen-bond donors (Lipinski definition) is 1. The van der Waals surface area contributed by atoms with Gasteiger partial charge in [-0.2, -0.15) is 0 Å². The van der Waals surface area contributed by atoms with E-state index in [1.54, 1.807) is 6.92 Å². The van der Waals surface area contributed by atoms with E-state index in [1.807, 2.05) is 0 Å². The van der Waals surface area contributed by atoms with Crippen molar-refractivity contribution < 1.29 is 9.90 Å². The molecule has 1 saturated carbocycles. The van der Waals surface area contributed by atoms with E-state index in [-0.39, 0.29) is 5.92 Å². The number of nitrogens with zero attached hydrogens (tertiary/aromatic N) is 1. The molecule has 1 aliphatic rings. The second-order valence-corrected chi connectivity index (χ2v) is 5.62. The third-order valence-corrected chi connectivity index (χ3v) is 4.01. The van der Waals surface area contributed by atoms with Crippen molar-refractivity contribution in [3.8, 4) is 0 Å². The summed E-state index contributed by atoms with van der Waals surface area (Å²) in [6.07, 6.45) is 9.09. The lowest BCUT2D eigenvalue weighted by Gasteiger charge is -2.24. The van der Waals surface area contributed by atoms with Crippen molar-refractivity contribution in [3.05, 3.63) is 0 Å². The normalized spacial score (nSPS) is 19.5. The molecule has 0 spiro atoms. The Balaban J connectivity index is 2.07. The molecule has 0 aromatic heterocycles. The summed E-state index contributed by atoms with van der Waals surface area (Å²) < 4.78 is 0. The molecule has 0 amide bonds. The van der Waals surface area contributed by atoms with Gasteiger partial charge in [-0.05, 0) is 38.9 Å². The van der Waals surface area contributed by atoms with Crippen molar-refractivity contribution >= 4 is 5.97 Å². The Labute approximate surface area is 105 Å². The van der Waals surface area contributed by atoms with Crippen molar-refractivity contribution in [2.24, 2.45) is 11.8 Å². The fourth-order valence-electron chi connectivity index (χ4n) is 2.53. The van der Waals surface area contributed by atoms with Crippen molar-refractivity contribution in [1.82, 2.24) is 4.90 Å². The topological polar surface area (TPSA) is 40.5 Å². The third kappa shape index (κ3) is 6.06. The van der Waals surface area contributed by atoms with Crippen LogP contribution in [0.5, 0.6) is 0 Å². The molecule has 1 rings (SSSR count). The Hall–Kier alpha value is -0.570. The number of carboxylic acid groups (broad SMARTS) is 1. The predicted octanol–water partition coefficient (Wildman–Crippen LogP) is 3.00. The molecule has 1 fully saturated rings.